The van der Waals surface area contributed by atoms with E-state index in [1.807, 2.05) is 31.2 Å². The van der Waals surface area contributed by atoms with Gasteiger partial charge in [0.1, 0.15) is 5.75 Å². The van der Waals surface area contributed by atoms with Crippen molar-refractivity contribution in [2.24, 2.45) is 0 Å². The Morgan fingerprint density at radius 2 is 1.67 bits per heavy atom. The van der Waals surface area contributed by atoms with E-state index in [4.69, 9.17) is 4.74 Å². The van der Waals surface area contributed by atoms with Crippen LogP contribution in [0.25, 0.3) is 0 Å². The monoisotopic (exact) mass is 472 g/mol. The zero-order chi connectivity index (χ0) is 23.7. The highest BCUT2D eigenvalue weighted by Gasteiger charge is 2.34. The Hall–Kier alpha value is -2.38. The number of amides is 1. The first-order chi connectivity index (χ1) is 15.9. The van der Waals surface area contributed by atoms with Gasteiger partial charge in [0.25, 0.3) is 0 Å². The van der Waals surface area contributed by atoms with Gasteiger partial charge in [0.05, 0.1) is 18.0 Å². The Morgan fingerprint density at radius 3 is 2.27 bits per heavy atom. The number of anilines is 1. The SMILES string of the molecule is CCCCc1ccc(NC(=O)CN(C2CCCCC2)S(=O)(=O)c2ccc(OCC)cc2)cc1. The number of unbranched alkanes of at least 4 members (excludes halogenated alkanes) is 1. The second-order valence-corrected chi connectivity index (χ2v) is 10.5. The highest BCUT2D eigenvalue weighted by atomic mass is 32.2. The van der Waals surface area contributed by atoms with Crippen LogP contribution in [0, 0.1) is 0 Å². The lowest BCUT2D eigenvalue weighted by Gasteiger charge is -2.33. The maximum absolute atomic E-state index is 13.5. The summed E-state index contributed by atoms with van der Waals surface area (Å²) in [7, 11) is -3.82. The third kappa shape index (κ3) is 7.05. The number of nitrogens with one attached hydrogen (secondary N) is 1. The van der Waals surface area contributed by atoms with Crippen LogP contribution in [0.3, 0.4) is 0 Å². The van der Waals surface area contributed by atoms with Crippen LogP contribution < -0.4 is 10.1 Å². The summed E-state index contributed by atoms with van der Waals surface area (Å²) in [4.78, 5) is 13.1. The Kier molecular flexibility index (Phi) is 9.32. The van der Waals surface area contributed by atoms with Crippen molar-refractivity contribution in [2.45, 2.75) is 76.2 Å². The molecule has 6 nitrogen and oxygen atoms in total. The summed E-state index contributed by atoms with van der Waals surface area (Å²) in [6, 6.07) is 14.1. The zero-order valence-corrected chi connectivity index (χ0v) is 20.6. The van der Waals surface area contributed by atoms with Crippen molar-refractivity contribution < 1.29 is 17.9 Å². The molecule has 1 aliphatic rings. The summed E-state index contributed by atoms with van der Waals surface area (Å²) in [5, 5.41) is 2.88. The number of carbonyl (C=O) groups excluding carboxylic acids is 1. The number of nitrogens with zero attached hydrogens (tertiary/aromatic N) is 1. The molecule has 0 radical (unpaired) electrons. The third-order valence-corrected chi connectivity index (χ3v) is 7.99. The topological polar surface area (TPSA) is 75.7 Å². The molecular formula is C26H36N2O4S. The third-order valence-electron chi connectivity index (χ3n) is 6.08. The van der Waals surface area contributed by atoms with Crippen molar-refractivity contribution in [2.75, 3.05) is 18.5 Å². The Morgan fingerprint density at radius 1 is 1.00 bits per heavy atom. The maximum Gasteiger partial charge on any atom is 0.243 e. The van der Waals surface area contributed by atoms with Crippen LogP contribution in [0.2, 0.25) is 0 Å². The highest BCUT2D eigenvalue weighted by molar-refractivity contribution is 7.89. The standard InChI is InChI=1S/C26H36N2O4S/c1-3-5-9-21-12-14-22(15-13-21)27-26(29)20-28(23-10-7-6-8-11-23)33(30,31)25-18-16-24(17-19-25)32-4-2/h12-19,23H,3-11,20H2,1-2H3,(H,27,29). The van der Waals surface area contributed by atoms with E-state index in [1.54, 1.807) is 24.3 Å². The molecule has 0 aromatic heterocycles. The molecule has 1 fully saturated rings. The van der Waals surface area contributed by atoms with Gasteiger partial charge in [-0.1, -0.05) is 44.7 Å². The number of carbonyl (C=O) groups is 1. The van der Waals surface area contributed by atoms with Crippen LogP contribution in [0.5, 0.6) is 5.75 Å². The first-order valence-corrected chi connectivity index (χ1v) is 13.5. The van der Waals surface area contributed by atoms with E-state index in [1.165, 1.54) is 9.87 Å². The Labute approximate surface area is 198 Å². The first-order valence-electron chi connectivity index (χ1n) is 12.1. The quantitative estimate of drug-likeness (QED) is 0.476. The lowest BCUT2D eigenvalue weighted by molar-refractivity contribution is -0.116. The van der Waals surface area contributed by atoms with Gasteiger partial charge in [0.2, 0.25) is 15.9 Å². The van der Waals surface area contributed by atoms with Crippen LogP contribution in [0.1, 0.15) is 64.4 Å². The van der Waals surface area contributed by atoms with E-state index in [9.17, 15) is 13.2 Å². The molecule has 2 aromatic carbocycles. The van der Waals surface area contributed by atoms with E-state index >= 15 is 0 Å². The molecule has 0 bridgehead atoms. The molecule has 0 spiro atoms. The van der Waals surface area contributed by atoms with Gasteiger partial charge in [0.15, 0.2) is 0 Å². The number of benzene rings is 2. The van der Waals surface area contributed by atoms with Crippen molar-refractivity contribution in [1.29, 1.82) is 0 Å². The molecule has 0 atom stereocenters. The number of aryl methyl sites for hydroxylation is 1. The largest absolute Gasteiger partial charge is 0.494 e. The molecule has 7 heteroatoms. The fourth-order valence-corrected chi connectivity index (χ4v) is 5.91. The highest BCUT2D eigenvalue weighted by Crippen LogP contribution is 2.28. The number of hydrogen-bond acceptors (Lipinski definition) is 4. The molecule has 1 aliphatic carbocycles. The fraction of sp³-hybridized carbons (Fsp3) is 0.500. The zero-order valence-electron chi connectivity index (χ0n) is 19.8. The van der Waals surface area contributed by atoms with Gasteiger partial charge in [-0.25, -0.2) is 8.42 Å². The summed E-state index contributed by atoms with van der Waals surface area (Å²) in [6.45, 7) is 4.36. The van der Waals surface area contributed by atoms with Gasteiger partial charge in [-0.05, 0) is 74.6 Å². The van der Waals surface area contributed by atoms with Gasteiger partial charge in [-0.2, -0.15) is 4.31 Å². The van der Waals surface area contributed by atoms with Gasteiger partial charge in [-0.15, -0.1) is 0 Å². The lowest BCUT2D eigenvalue weighted by atomic mass is 9.95. The van der Waals surface area contributed by atoms with Crippen molar-refractivity contribution in [3.63, 3.8) is 0 Å². The molecule has 1 saturated carbocycles. The van der Waals surface area contributed by atoms with E-state index in [0.29, 0.717) is 18.0 Å². The average Bonchev–Trinajstić information content (AvgIpc) is 2.83. The van der Waals surface area contributed by atoms with E-state index in [0.717, 1.165) is 51.4 Å². The predicted octanol–water partition coefficient (Wildman–Crippen LogP) is 5.39. The molecule has 3 rings (SSSR count). The first kappa shape index (κ1) is 25.2. The number of rotatable bonds is 11. The van der Waals surface area contributed by atoms with Gasteiger partial charge < -0.3 is 10.1 Å². The molecule has 0 unspecified atom stereocenters. The van der Waals surface area contributed by atoms with Crippen LogP contribution in [0.15, 0.2) is 53.4 Å². The van der Waals surface area contributed by atoms with Gasteiger partial charge in [-0.3, -0.25) is 4.79 Å². The second kappa shape index (κ2) is 12.2. The molecule has 0 heterocycles. The molecule has 0 saturated heterocycles. The minimum Gasteiger partial charge on any atom is -0.494 e. The molecular weight excluding hydrogens is 436 g/mol. The molecule has 33 heavy (non-hydrogen) atoms. The van der Waals surface area contributed by atoms with Crippen molar-refractivity contribution >= 4 is 21.6 Å². The second-order valence-electron chi connectivity index (χ2n) is 8.60. The number of ether oxygens (including phenoxy) is 1. The smallest absolute Gasteiger partial charge is 0.243 e. The van der Waals surface area contributed by atoms with E-state index in [2.05, 4.69) is 12.2 Å². The fourth-order valence-electron chi connectivity index (χ4n) is 4.27. The summed E-state index contributed by atoms with van der Waals surface area (Å²) in [5.74, 6) is 0.303. The summed E-state index contributed by atoms with van der Waals surface area (Å²) in [6.07, 6.45) is 7.88. The van der Waals surface area contributed by atoms with Crippen LogP contribution in [-0.2, 0) is 21.2 Å². The van der Waals surface area contributed by atoms with Gasteiger partial charge in [0, 0.05) is 11.7 Å². The normalized spacial score (nSPS) is 14.9. The minimum atomic E-state index is -3.82. The van der Waals surface area contributed by atoms with E-state index < -0.39 is 10.0 Å². The predicted molar refractivity (Wildman–Crippen MR) is 132 cm³/mol. The van der Waals surface area contributed by atoms with Crippen LogP contribution >= 0.6 is 0 Å². The Bertz CT molecular complexity index is 982. The average molecular weight is 473 g/mol. The molecule has 1 amide bonds. The lowest BCUT2D eigenvalue weighted by Crippen LogP contribution is -2.45. The maximum atomic E-state index is 13.5. The number of sulfonamides is 1. The van der Waals surface area contributed by atoms with Crippen molar-refractivity contribution in [1.82, 2.24) is 4.31 Å². The summed E-state index contributed by atoms with van der Waals surface area (Å²) in [5.41, 5.74) is 1.92. The molecule has 2 aromatic rings. The van der Waals surface area contributed by atoms with Crippen LogP contribution in [-0.4, -0.2) is 37.8 Å². The van der Waals surface area contributed by atoms with Gasteiger partial charge >= 0.3 is 0 Å². The van der Waals surface area contributed by atoms with Crippen molar-refractivity contribution in [3.8, 4) is 5.75 Å². The number of hydrogen-bond donors (Lipinski definition) is 1. The summed E-state index contributed by atoms with van der Waals surface area (Å²) >= 11 is 0. The molecule has 180 valence electrons. The Balaban J connectivity index is 1.75. The van der Waals surface area contributed by atoms with E-state index in [-0.39, 0.29) is 23.4 Å². The minimum absolute atomic E-state index is 0.169. The molecule has 0 aliphatic heterocycles. The molecule has 1 N–H and O–H groups in total. The summed E-state index contributed by atoms with van der Waals surface area (Å²) < 4.78 is 33.9. The van der Waals surface area contributed by atoms with Crippen LogP contribution in [0.4, 0.5) is 5.69 Å². The van der Waals surface area contributed by atoms with Crippen molar-refractivity contribution in [3.05, 3.63) is 54.1 Å².